The Morgan fingerprint density at radius 3 is 2.59 bits per heavy atom. The van der Waals surface area contributed by atoms with Crippen LogP contribution in [0.15, 0.2) is 43.5 Å². The molecule has 0 fully saturated rings. The number of benzene rings is 1. The third-order valence-electron chi connectivity index (χ3n) is 4.06. The zero-order chi connectivity index (χ0) is 16.8. The van der Waals surface area contributed by atoms with Crippen molar-refractivity contribution < 1.29 is 14.3 Å². The maximum absolute atomic E-state index is 12.4. The molecule has 0 bridgehead atoms. The standard InChI is InChI=1S/C19H26O3/c1-7-10-15(18(20)22-9-3)19(5,8-2)16-13-14(4)11-12-17(16)21-6/h7-8,11-13,15H,1-2,9-10H2,3-6H3. The van der Waals surface area contributed by atoms with E-state index in [1.54, 1.807) is 26.2 Å². The van der Waals surface area contributed by atoms with E-state index in [0.717, 1.165) is 16.9 Å². The molecule has 0 amide bonds. The maximum atomic E-state index is 12.4. The van der Waals surface area contributed by atoms with E-state index in [1.165, 1.54) is 0 Å². The average molecular weight is 302 g/mol. The molecule has 0 spiro atoms. The Kier molecular flexibility index (Phi) is 6.41. The fourth-order valence-electron chi connectivity index (χ4n) is 2.68. The van der Waals surface area contributed by atoms with Crippen molar-refractivity contribution in [1.29, 1.82) is 0 Å². The number of ether oxygens (including phenoxy) is 2. The second-order valence-electron chi connectivity index (χ2n) is 5.52. The van der Waals surface area contributed by atoms with Crippen molar-refractivity contribution in [2.24, 2.45) is 5.92 Å². The topological polar surface area (TPSA) is 35.5 Å². The highest BCUT2D eigenvalue weighted by atomic mass is 16.5. The molecule has 0 saturated heterocycles. The number of methoxy groups -OCH3 is 1. The first-order valence-corrected chi connectivity index (χ1v) is 7.50. The highest BCUT2D eigenvalue weighted by Crippen LogP contribution is 2.41. The molecule has 120 valence electrons. The second kappa shape index (κ2) is 7.83. The molecule has 0 heterocycles. The van der Waals surface area contributed by atoms with E-state index in [-0.39, 0.29) is 5.97 Å². The Bertz CT molecular complexity index is 548. The van der Waals surface area contributed by atoms with Crippen molar-refractivity contribution in [1.82, 2.24) is 0 Å². The summed E-state index contributed by atoms with van der Waals surface area (Å²) in [5.41, 5.74) is 1.44. The normalized spacial score (nSPS) is 14.5. The molecular weight excluding hydrogens is 276 g/mol. The molecule has 0 saturated carbocycles. The summed E-state index contributed by atoms with van der Waals surface area (Å²) in [7, 11) is 1.63. The summed E-state index contributed by atoms with van der Waals surface area (Å²) in [4.78, 5) is 12.4. The number of rotatable bonds is 8. The third kappa shape index (κ3) is 3.59. The molecule has 0 N–H and O–H groups in total. The van der Waals surface area contributed by atoms with Crippen molar-refractivity contribution >= 4 is 5.97 Å². The van der Waals surface area contributed by atoms with Gasteiger partial charge < -0.3 is 9.47 Å². The fraction of sp³-hybridized carbons (Fsp3) is 0.421. The zero-order valence-electron chi connectivity index (χ0n) is 14.0. The SMILES string of the molecule is C=CCC(C(=O)OCC)C(C)(C=C)c1cc(C)ccc1OC. The van der Waals surface area contributed by atoms with Gasteiger partial charge in [-0.1, -0.05) is 36.8 Å². The van der Waals surface area contributed by atoms with E-state index in [9.17, 15) is 4.79 Å². The summed E-state index contributed by atoms with van der Waals surface area (Å²) in [5.74, 6) is 0.109. The molecule has 0 aliphatic rings. The number of aryl methyl sites for hydroxylation is 1. The molecule has 1 rings (SSSR count). The van der Waals surface area contributed by atoms with Gasteiger partial charge in [0.2, 0.25) is 0 Å². The largest absolute Gasteiger partial charge is 0.496 e. The third-order valence-corrected chi connectivity index (χ3v) is 4.06. The Labute approximate surface area is 133 Å². The van der Waals surface area contributed by atoms with Crippen molar-refractivity contribution in [2.45, 2.75) is 32.6 Å². The molecule has 0 radical (unpaired) electrons. The van der Waals surface area contributed by atoms with Gasteiger partial charge in [-0.15, -0.1) is 13.2 Å². The average Bonchev–Trinajstić information content (AvgIpc) is 2.52. The van der Waals surface area contributed by atoms with Gasteiger partial charge in [0, 0.05) is 11.0 Å². The summed E-state index contributed by atoms with van der Waals surface area (Å²) in [6.07, 6.45) is 4.05. The van der Waals surface area contributed by atoms with Crippen LogP contribution in [0.1, 0.15) is 31.4 Å². The Balaban J connectivity index is 3.44. The van der Waals surface area contributed by atoms with Crippen LogP contribution in [0.2, 0.25) is 0 Å². The van der Waals surface area contributed by atoms with Crippen molar-refractivity contribution in [3.8, 4) is 5.75 Å². The van der Waals surface area contributed by atoms with Gasteiger partial charge in [-0.2, -0.15) is 0 Å². The summed E-state index contributed by atoms with van der Waals surface area (Å²) in [6.45, 7) is 13.9. The Hall–Kier alpha value is -2.03. The van der Waals surface area contributed by atoms with Crippen LogP contribution in [0, 0.1) is 12.8 Å². The predicted octanol–water partition coefficient (Wildman–Crippen LogP) is 4.20. The van der Waals surface area contributed by atoms with E-state index in [0.29, 0.717) is 13.0 Å². The van der Waals surface area contributed by atoms with Gasteiger partial charge in [-0.25, -0.2) is 0 Å². The lowest BCUT2D eigenvalue weighted by Gasteiger charge is -2.34. The fourth-order valence-corrected chi connectivity index (χ4v) is 2.68. The van der Waals surface area contributed by atoms with Crippen LogP contribution in [-0.4, -0.2) is 19.7 Å². The molecule has 0 aromatic heterocycles. The Morgan fingerprint density at radius 2 is 2.09 bits per heavy atom. The van der Waals surface area contributed by atoms with Crippen molar-refractivity contribution in [2.75, 3.05) is 13.7 Å². The van der Waals surface area contributed by atoms with Crippen LogP contribution < -0.4 is 4.74 Å². The molecule has 3 nitrogen and oxygen atoms in total. The summed E-state index contributed by atoms with van der Waals surface area (Å²) in [5, 5.41) is 0. The van der Waals surface area contributed by atoms with Crippen LogP contribution in [0.3, 0.4) is 0 Å². The van der Waals surface area contributed by atoms with Crippen LogP contribution in [0.4, 0.5) is 0 Å². The van der Waals surface area contributed by atoms with Crippen LogP contribution in [0.5, 0.6) is 5.75 Å². The number of carbonyl (C=O) groups excluding carboxylic acids is 1. The zero-order valence-corrected chi connectivity index (χ0v) is 14.0. The number of carbonyl (C=O) groups is 1. The monoisotopic (exact) mass is 302 g/mol. The minimum Gasteiger partial charge on any atom is -0.496 e. The lowest BCUT2D eigenvalue weighted by Crippen LogP contribution is -2.37. The number of esters is 1. The van der Waals surface area contributed by atoms with Gasteiger partial charge in [0.25, 0.3) is 0 Å². The summed E-state index contributed by atoms with van der Waals surface area (Å²) >= 11 is 0. The van der Waals surface area contributed by atoms with Crippen LogP contribution >= 0.6 is 0 Å². The molecule has 3 heteroatoms. The van der Waals surface area contributed by atoms with Gasteiger partial charge in [-0.3, -0.25) is 4.79 Å². The van der Waals surface area contributed by atoms with E-state index in [1.807, 2.05) is 32.0 Å². The van der Waals surface area contributed by atoms with E-state index >= 15 is 0 Å². The summed E-state index contributed by atoms with van der Waals surface area (Å²) in [6, 6.07) is 5.94. The minimum atomic E-state index is -0.599. The minimum absolute atomic E-state index is 0.242. The molecule has 1 aromatic rings. The molecular formula is C19H26O3. The lowest BCUT2D eigenvalue weighted by atomic mass is 9.69. The molecule has 1 aromatic carbocycles. The predicted molar refractivity (Wildman–Crippen MR) is 90.2 cm³/mol. The van der Waals surface area contributed by atoms with Gasteiger partial charge in [0.1, 0.15) is 5.75 Å². The molecule has 2 unspecified atom stereocenters. The summed E-state index contributed by atoms with van der Waals surface area (Å²) < 4.78 is 10.7. The second-order valence-corrected chi connectivity index (χ2v) is 5.52. The number of allylic oxidation sites excluding steroid dienone is 2. The van der Waals surface area contributed by atoms with Crippen LogP contribution in [-0.2, 0) is 14.9 Å². The molecule has 22 heavy (non-hydrogen) atoms. The van der Waals surface area contributed by atoms with E-state index < -0.39 is 11.3 Å². The quantitative estimate of drug-likeness (QED) is 0.533. The van der Waals surface area contributed by atoms with E-state index in [4.69, 9.17) is 9.47 Å². The molecule has 0 aliphatic heterocycles. The highest BCUT2D eigenvalue weighted by molar-refractivity contribution is 5.76. The molecule has 0 aliphatic carbocycles. The molecule has 2 atom stereocenters. The van der Waals surface area contributed by atoms with Gasteiger partial charge in [-0.05, 0) is 26.3 Å². The van der Waals surface area contributed by atoms with Gasteiger partial charge in [0.15, 0.2) is 0 Å². The Morgan fingerprint density at radius 1 is 1.41 bits per heavy atom. The van der Waals surface area contributed by atoms with E-state index in [2.05, 4.69) is 13.2 Å². The van der Waals surface area contributed by atoms with Crippen molar-refractivity contribution in [3.63, 3.8) is 0 Å². The van der Waals surface area contributed by atoms with Crippen molar-refractivity contribution in [3.05, 3.63) is 54.6 Å². The maximum Gasteiger partial charge on any atom is 0.310 e. The first-order valence-electron chi connectivity index (χ1n) is 7.50. The smallest absolute Gasteiger partial charge is 0.310 e. The first kappa shape index (κ1) is 18.0. The first-order chi connectivity index (χ1) is 10.4. The van der Waals surface area contributed by atoms with Gasteiger partial charge >= 0.3 is 5.97 Å². The number of hydrogen-bond donors (Lipinski definition) is 0. The number of hydrogen-bond acceptors (Lipinski definition) is 3. The van der Waals surface area contributed by atoms with Crippen LogP contribution in [0.25, 0.3) is 0 Å². The lowest BCUT2D eigenvalue weighted by molar-refractivity contribution is -0.149. The van der Waals surface area contributed by atoms with Gasteiger partial charge in [0.05, 0.1) is 19.6 Å². The highest BCUT2D eigenvalue weighted by Gasteiger charge is 2.40.